The lowest BCUT2D eigenvalue weighted by Gasteiger charge is -2.34. The van der Waals surface area contributed by atoms with E-state index in [4.69, 9.17) is 10.5 Å². The second-order valence-electron chi connectivity index (χ2n) is 4.38. The highest BCUT2D eigenvalue weighted by Crippen LogP contribution is 2.13. The molecule has 2 unspecified atom stereocenters. The first-order valence-electron chi connectivity index (χ1n) is 5.86. The van der Waals surface area contributed by atoms with Crippen molar-refractivity contribution in [1.29, 1.82) is 0 Å². The molecule has 2 heterocycles. The Morgan fingerprint density at radius 2 is 2.44 bits per heavy atom. The van der Waals surface area contributed by atoms with Crippen molar-refractivity contribution < 1.29 is 9.53 Å². The van der Waals surface area contributed by atoms with Gasteiger partial charge in [-0.3, -0.25) is 4.79 Å². The molecule has 0 bridgehead atoms. The molecule has 98 valence electrons. The van der Waals surface area contributed by atoms with Gasteiger partial charge in [0.15, 0.2) is 0 Å². The van der Waals surface area contributed by atoms with E-state index in [9.17, 15) is 4.79 Å². The fourth-order valence-corrected chi connectivity index (χ4v) is 2.08. The summed E-state index contributed by atoms with van der Waals surface area (Å²) in [5, 5.41) is 0. The Bertz CT molecular complexity index is 422. The van der Waals surface area contributed by atoms with E-state index >= 15 is 0 Å². The number of rotatable bonds is 2. The van der Waals surface area contributed by atoms with Crippen LogP contribution in [0.25, 0.3) is 0 Å². The molecule has 0 radical (unpaired) electrons. The molecule has 1 fully saturated rings. The molecule has 0 aliphatic carbocycles. The van der Waals surface area contributed by atoms with E-state index in [1.807, 2.05) is 13.0 Å². The van der Waals surface area contributed by atoms with Crippen LogP contribution in [0.1, 0.15) is 17.4 Å². The second-order valence-corrected chi connectivity index (χ2v) is 5.30. The normalized spacial score (nSPS) is 21.7. The molecule has 0 spiro atoms. The number of ether oxygens (including phenoxy) is 1. The quantitative estimate of drug-likeness (QED) is 0.885. The molecule has 1 aromatic heterocycles. The molecule has 1 saturated heterocycles. The van der Waals surface area contributed by atoms with Gasteiger partial charge in [-0.1, -0.05) is 0 Å². The molecule has 18 heavy (non-hydrogen) atoms. The first-order valence-corrected chi connectivity index (χ1v) is 6.65. The van der Waals surface area contributed by atoms with Gasteiger partial charge in [-0.05, 0) is 35.0 Å². The van der Waals surface area contributed by atoms with Gasteiger partial charge < -0.3 is 15.4 Å². The molecular weight excluding hydrogens is 298 g/mol. The summed E-state index contributed by atoms with van der Waals surface area (Å²) < 4.78 is 6.38. The second kappa shape index (κ2) is 5.77. The molecule has 2 N–H and O–H groups in total. The molecular formula is C12H16BrN3O2. The van der Waals surface area contributed by atoms with Gasteiger partial charge in [0.2, 0.25) is 0 Å². The van der Waals surface area contributed by atoms with Crippen LogP contribution in [0.5, 0.6) is 0 Å². The zero-order chi connectivity index (χ0) is 13.1. The van der Waals surface area contributed by atoms with Crippen molar-refractivity contribution in [2.75, 3.05) is 19.7 Å². The first-order chi connectivity index (χ1) is 8.58. The van der Waals surface area contributed by atoms with E-state index < -0.39 is 0 Å². The minimum Gasteiger partial charge on any atom is -0.373 e. The number of hydrogen-bond acceptors (Lipinski definition) is 4. The van der Waals surface area contributed by atoms with E-state index in [0.717, 1.165) is 4.47 Å². The summed E-state index contributed by atoms with van der Waals surface area (Å²) in [6, 6.07) is 3.44. The van der Waals surface area contributed by atoms with Crippen molar-refractivity contribution in [2.45, 2.75) is 19.1 Å². The fourth-order valence-electron chi connectivity index (χ4n) is 1.84. The van der Waals surface area contributed by atoms with Crippen molar-refractivity contribution in [3.8, 4) is 0 Å². The van der Waals surface area contributed by atoms with E-state index in [1.54, 1.807) is 17.2 Å². The van der Waals surface area contributed by atoms with Crippen LogP contribution in [-0.2, 0) is 4.74 Å². The van der Waals surface area contributed by atoms with E-state index in [-0.39, 0.29) is 18.1 Å². The number of halogens is 1. The van der Waals surface area contributed by atoms with Crippen LogP contribution in [0.2, 0.25) is 0 Å². The third-order valence-electron chi connectivity index (χ3n) is 2.91. The highest BCUT2D eigenvalue weighted by molar-refractivity contribution is 9.10. The van der Waals surface area contributed by atoms with Crippen molar-refractivity contribution in [2.24, 2.45) is 5.73 Å². The van der Waals surface area contributed by atoms with Gasteiger partial charge in [-0.25, -0.2) is 4.98 Å². The number of morpholine rings is 1. The zero-order valence-corrected chi connectivity index (χ0v) is 11.8. The van der Waals surface area contributed by atoms with Crippen LogP contribution in [0.15, 0.2) is 22.8 Å². The average Bonchev–Trinajstić information content (AvgIpc) is 2.39. The molecule has 1 aliphatic heterocycles. The predicted molar refractivity (Wildman–Crippen MR) is 71.2 cm³/mol. The molecule has 2 rings (SSSR count). The third-order valence-corrected chi connectivity index (χ3v) is 3.38. The number of hydrogen-bond donors (Lipinski definition) is 1. The highest BCUT2D eigenvalue weighted by atomic mass is 79.9. The maximum Gasteiger partial charge on any atom is 0.272 e. The van der Waals surface area contributed by atoms with Crippen molar-refractivity contribution in [1.82, 2.24) is 9.88 Å². The Kier molecular flexibility index (Phi) is 4.31. The summed E-state index contributed by atoms with van der Waals surface area (Å²) in [6.45, 7) is 3.51. The summed E-state index contributed by atoms with van der Waals surface area (Å²) in [7, 11) is 0. The largest absolute Gasteiger partial charge is 0.373 e. The maximum absolute atomic E-state index is 12.2. The molecule has 0 aromatic carbocycles. The summed E-state index contributed by atoms with van der Waals surface area (Å²) in [4.78, 5) is 18.1. The lowest BCUT2D eigenvalue weighted by Crippen LogP contribution is -2.51. The molecule has 1 aromatic rings. The van der Waals surface area contributed by atoms with E-state index in [1.165, 1.54) is 0 Å². The Labute approximate surface area is 114 Å². The van der Waals surface area contributed by atoms with Crippen LogP contribution < -0.4 is 5.73 Å². The van der Waals surface area contributed by atoms with Crippen molar-refractivity contribution in [3.63, 3.8) is 0 Å². The standard InChI is InChI=1S/C12H16BrN3O2/c1-8(14)11-7-16(4-5-18-11)12(17)10-3-2-9(13)6-15-10/h2-3,6,8,11H,4-5,7,14H2,1H3. The van der Waals surface area contributed by atoms with Gasteiger partial charge in [0.1, 0.15) is 5.69 Å². The lowest BCUT2D eigenvalue weighted by atomic mass is 10.1. The van der Waals surface area contributed by atoms with Gasteiger partial charge >= 0.3 is 0 Å². The summed E-state index contributed by atoms with van der Waals surface area (Å²) in [5.74, 6) is -0.0727. The molecule has 6 heteroatoms. The number of carbonyl (C=O) groups excluding carboxylic acids is 1. The molecule has 0 saturated carbocycles. The Hall–Kier alpha value is -0.980. The highest BCUT2D eigenvalue weighted by Gasteiger charge is 2.27. The summed E-state index contributed by atoms with van der Waals surface area (Å²) in [5.41, 5.74) is 6.25. The van der Waals surface area contributed by atoms with Gasteiger partial charge in [0, 0.05) is 29.8 Å². The molecule has 1 aliphatic rings. The summed E-state index contributed by atoms with van der Waals surface area (Å²) >= 11 is 3.30. The minimum absolute atomic E-state index is 0.0727. The van der Waals surface area contributed by atoms with Crippen molar-refractivity contribution >= 4 is 21.8 Å². The number of amides is 1. The SMILES string of the molecule is CC(N)C1CN(C(=O)c2ccc(Br)cn2)CCO1. The van der Waals surface area contributed by atoms with Crippen molar-refractivity contribution in [3.05, 3.63) is 28.5 Å². The van der Waals surface area contributed by atoms with E-state index in [0.29, 0.717) is 25.4 Å². The number of nitrogens with two attached hydrogens (primary N) is 1. The minimum atomic E-state index is -0.0989. The Morgan fingerprint density at radius 1 is 1.67 bits per heavy atom. The van der Waals surface area contributed by atoms with Crippen LogP contribution in [0, 0.1) is 0 Å². The number of pyridine rings is 1. The molecule has 1 amide bonds. The molecule has 5 nitrogen and oxygen atoms in total. The smallest absolute Gasteiger partial charge is 0.272 e. The maximum atomic E-state index is 12.2. The topological polar surface area (TPSA) is 68.5 Å². The average molecular weight is 314 g/mol. The van der Waals surface area contributed by atoms with E-state index in [2.05, 4.69) is 20.9 Å². The monoisotopic (exact) mass is 313 g/mol. The van der Waals surface area contributed by atoms with Crippen LogP contribution >= 0.6 is 15.9 Å². The summed E-state index contributed by atoms with van der Waals surface area (Å²) in [6.07, 6.45) is 1.52. The molecule has 2 atom stereocenters. The van der Waals surface area contributed by atoms with Crippen LogP contribution in [0.4, 0.5) is 0 Å². The third kappa shape index (κ3) is 3.07. The van der Waals surface area contributed by atoms with Gasteiger partial charge in [0.05, 0.1) is 12.7 Å². The Balaban J connectivity index is 2.06. The fraction of sp³-hybridized carbons (Fsp3) is 0.500. The number of nitrogens with zero attached hydrogens (tertiary/aromatic N) is 2. The predicted octanol–water partition coefficient (Wildman–Crippen LogP) is 1.03. The first kappa shape index (κ1) is 13.5. The van der Waals surface area contributed by atoms with Crippen LogP contribution in [-0.4, -0.2) is 47.6 Å². The number of carbonyl (C=O) groups is 1. The van der Waals surface area contributed by atoms with Crippen LogP contribution in [0.3, 0.4) is 0 Å². The van der Waals surface area contributed by atoms with Gasteiger partial charge in [-0.15, -0.1) is 0 Å². The van der Waals surface area contributed by atoms with Gasteiger partial charge in [-0.2, -0.15) is 0 Å². The Morgan fingerprint density at radius 3 is 3.06 bits per heavy atom. The number of aromatic nitrogens is 1. The zero-order valence-electron chi connectivity index (χ0n) is 10.2. The van der Waals surface area contributed by atoms with Gasteiger partial charge in [0.25, 0.3) is 5.91 Å². The lowest BCUT2D eigenvalue weighted by molar-refractivity contribution is -0.0301.